The fourth-order valence-corrected chi connectivity index (χ4v) is 4.77. The SMILES string of the molecule is OC1OC(COCc2ccccc2)[C@@H](OCc2ccccc2)C(OCc2ccccc2)C1OCc1ccccc1. The quantitative estimate of drug-likeness (QED) is 0.236. The van der Waals surface area contributed by atoms with E-state index in [4.69, 9.17) is 23.7 Å². The highest BCUT2D eigenvalue weighted by Crippen LogP contribution is 2.30. The number of hydrogen-bond acceptors (Lipinski definition) is 6. The normalized spacial score (nSPS) is 22.7. The van der Waals surface area contributed by atoms with Crippen LogP contribution in [0.3, 0.4) is 0 Å². The van der Waals surface area contributed by atoms with E-state index in [9.17, 15) is 5.11 Å². The van der Waals surface area contributed by atoms with Gasteiger partial charge in [0, 0.05) is 0 Å². The zero-order valence-corrected chi connectivity index (χ0v) is 22.5. The molecule has 4 aromatic rings. The summed E-state index contributed by atoms with van der Waals surface area (Å²) in [6.45, 7) is 1.65. The number of benzene rings is 4. The van der Waals surface area contributed by atoms with Crippen LogP contribution in [0.15, 0.2) is 121 Å². The van der Waals surface area contributed by atoms with Crippen LogP contribution in [0.1, 0.15) is 22.3 Å². The van der Waals surface area contributed by atoms with E-state index in [0.717, 1.165) is 22.3 Å². The van der Waals surface area contributed by atoms with E-state index in [1.807, 2.05) is 121 Å². The van der Waals surface area contributed by atoms with Crippen LogP contribution >= 0.6 is 0 Å². The van der Waals surface area contributed by atoms with Gasteiger partial charge in [-0.2, -0.15) is 0 Å². The molecule has 4 aromatic carbocycles. The summed E-state index contributed by atoms with van der Waals surface area (Å²) in [6, 6.07) is 39.7. The van der Waals surface area contributed by atoms with Crippen LogP contribution in [-0.2, 0) is 50.1 Å². The van der Waals surface area contributed by atoms with Crippen molar-refractivity contribution >= 4 is 0 Å². The summed E-state index contributed by atoms with van der Waals surface area (Å²) in [4.78, 5) is 0. The van der Waals surface area contributed by atoms with E-state index in [-0.39, 0.29) is 6.61 Å². The topological polar surface area (TPSA) is 66.4 Å². The van der Waals surface area contributed by atoms with E-state index in [0.29, 0.717) is 26.4 Å². The Hall–Kier alpha value is -3.36. The standard InChI is InChI=1S/C34H36O6/c35-34-33(39-24-29-19-11-4-12-20-29)32(38-23-28-17-9-3-10-18-28)31(37-22-27-15-7-2-8-16-27)30(40-34)25-36-21-26-13-5-1-6-14-26/h1-20,30-35H,21-25H2/t30?,31-,32?,33?,34?/m1/s1. The fraction of sp³-hybridized carbons (Fsp3) is 0.294. The molecule has 0 aliphatic carbocycles. The second kappa shape index (κ2) is 14.9. The maximum atomic E-state index is 11.2. The minimum atomic E-state index is -1.22. The van der Waals surface area contributed by atoms with Gasteiger partial charge in [-0.25, -0.2) is 0 Å². The molecule has 6 heteroatoms. The van der Waals surface area contributed by atoms with Crippen LogP contribution < -0.4 is 0 Å². The minimum absolute atomic E-state index is 0.224. The molecule has 0 radical (unpaired) electrons. The molecule has 0 aromatic heterocycles. The molecule has 40 heavy (non-hydrogen) atoms. The third kappa shape index (κ3) is 8.08. The number of aliphatic hydroxyl groups excluding tert-OH is 1. The summed E-state index contributed by atoms with van der Waals surface area (Å²) in [5.74, 6) is 0. The molecule has 1 fully saturated rings. The first-order valence-corrected chi connectivity index (χ1v) is 13.7. The van der Waals surface area contributed by atoms with Crippen molar-refractivity contribution in [1.29, 1.82) is 0 Å². The summed E-state index contributed by atoms with van der Waals surface area (Å²) in [5, 5.41) is 11.2. The van der Waals surface area contributed by atoms with E-state index in [2.05, 4.69) is 0 Å². The van der Waals surface area contributed by atoms with E-state index in [1.165, 1.54) is 0 Å². The Morgan fingerprint density at radius 1 is 0.475 bits per heavy atom. The largest absolute Gasteiger partial charge is 0.374 e. The predicted octanol–water partition coefficient (Wildman–Crippen LogP) is 5.68. The molecule has 1 aliphatic rings. The van der Waals surface area contributed by atoms with Crippen LogP contribution in [0.4, 0.5) is 0 Å². The van der Waals surface area contributed by atoms with Crippen molar-refractivity contribution in [2.45, 2.75) is 57.1 Å². The van der Waals surface area contributed by atoms with Gasteiger partial charge in [-0.05, 0) is 22.3 Å². The molecule has 1 N–H and O–H groups in total. The van der Waals surface area contributed by atoms with Crippen molar-refractivity contribution in [1.82, 2.24) is 0 Å². The van der Waals surface area contributed by atoms with Crippen molar-refractivity contribution in [2.24, 2.45) is 0 Å². The van der Waals surface area contributed by atoms with E-state index in [1.54, 1.807) is 0 Å². The lowest BCUT2D eigenvalue weighted by Gasteiger charge is -2.44. The van der Waals surface area contributed by atoms with Crippen LogP contribution in [-0.4, -0.2) is 42.4 Å². The zero-order chi connectivity index (χ0) is 27.4. The number of rotatable bonds is 13. The van der Waals surface area contributed by atoms with E-state index >= 15 is 0 Å². The molecule has 4 unspecified atom stereocenters. The Balaban J connectivity index is 1.36. The first-order valence-electron chi connectivity index (χ1n) is 13.7. The Bertz CT molecular complexity index is 1240. The lowest BCUT2D eigenvalue weighted by atomic mass is 9.98. The molecule has 1 saturated heterocycles. The lowest BCUT2D eigenvalue weighted by molar-refractivity contribution is -0.317. The fourth-order valence-electron chi connectivity index (χ4n) is 4.77. The van der Waals surface area contributed by atoms with Crippen LogP contribution in [0.25, 0.3) is 0 Å². The molecule has 208 valence electrons. The van der Waals surface area contributed by atoms with Crippen molar-refractivity contribution < 1.29 is 28.8 Å². The third-order valence-electron chi connectivity index (χ3n) is 6.86. The van der Waals surface area contributed by atoms with Crippen LogP contribution in [0, 0.1) is 0 Å². The van der Waals surface area contributed by atoms with Crippen molar-refractivity contribution in [2.75, 3.05) is 6.61 Å². The second-order valence-corrected chi connectivity index (χ2v) is 9.85. The zero-order valence-electron chi connectivity index (χ0n) is 22.5. The molecule has 5 atom stereocenters. The van der Waals surface area contributed by atoms with Gasteiger partial charge in [-0.3, -0.25) is 0 Å². The molecule has 0 bridgehead atoms. The Morgan fingerprint density at radius 3 is 1.30 bits per heavy atom. The predicted molar refractivity (Wildman–Crippen MR) is 152 cm³/mol. The van der Waals surface area contributed by atoms with Gasteiger partial charge in [-0.1, -0.05) is 121 Å². The summed E-state index contributed by atoms with van der Waals surface area (Å²) in [5.41, 5.74) is 4.10. The Labute approximate surface area is 236 Å². The smallest absolute Gasteiger partial charge is 0.184 e. The monoisotopic (exact) mass is 540 g/mol. The molecule has 0 amide bonds. The number of aliphatic hydroxyl groups is 1. The molecular weight excluding hydrogens is 504 g/mol. The summed E-state index contributed by atoms with van der Waals surface area (Å²) >= 11 is 0. The minimum Gasteiger partial charge on any atom is -0.374 e. The Morgan fingerprint density at radius 2 is 0.850 bits per heavy atom. The molecular formula is C34H36O6. The van der Waals surface area contributed by atoms with Crippen molar-refractivity contribution in [3.63, 3.8) is 0 Å². The van der Waals surface area contributed by atoms with Gasteiger partial charge >= 0.3 is 0 Å². The summed E-state index contributed by atoms with van der Waals surface area (Å²) < 4.78 is 31.4. The number of hydrogen-bond donors (Lipinski definition) is 1. The highest BCUT2D eigenvalue weighted by molar-refractivity contribution is 5.16. The first kappa shape index (κ1) is 28.2. The van der Waals surface area contributed by atoms with Crippen LogP contribution in [0.2, 0.25) is 0 Å². The molecule has 6 nitrogen and oxygen atoms in total. The highest BCUT2D eigenvalue weighted by atomic mass is 16.7. The molecule has 5 rings (SSSR count). The van der Waals surface area contributed by atoms with Crippen LogP contribution in [0.5, 0.6) is 0 Å². The first-order chi connectivity index (χ1) is 19.8. The van der Waals surface area contributed by atoms with Gasteiger partial charge in [0.1, 0.15) is 24.4 Å². The third-order valence-corrected chi connectivity index (χ3v) is 6.86. The van der Waals surface area contributed by atoms with Gasteiger partial charge in [0.25, 0.3) is 0 Å². The maximum Gasteiger partial charge on any atom is 0.184 e. The lowest BCUT2D eigenvalue weighted by Crippen LogP contribution is -2.61. The maximum absolute atomic E-state index is 11.2. The molecule has 1 aliphatic heterocycles. The Kier molecular flexibility index (Phi) is 10.5. The molecule has 0 saturated carbocycles. The van der Waals surface area contributed by atoms with Gasteiger partial charge < -0.3 is 28.8 Å². The van der Waals surface area contributed by atoms with Gasteiger partial charge in [0.05, 0.1) is 33.0 Å². The van der Waals surface area contributed by atoms with Gasteiger partial charge in [0.15, 0.2) is 6.29 Å². The number of ether oxygens (including phenoxy) is 5. The molecule has 0 spiro atoms. The summed E-state index contributed by atoms with van der Waals surface area (Å²) in [7, 11) is 0. The second-order valence-electron chi connectivity index (χ2n) is 9.85. The van der Waals surface area contributed by atoms with Crippen molar-refractivity contribution in [3.05, 3.63) is 144 Å². The van der Waals surface area contributed by atoms with E-state index < -0.39 is 30.7 Å². The van der Waals surface area contributed by atoms with Gasteiger partial charge in [0.2, 0.25) is 0 Å². The van der Waals surface area contributed by atoms with Gasteiger partial charge in [-0.15, -0.1) is 0 Å². The van der Waals surface area contributed by atoms with Crippen molar-refractivity contribution in [3.8, 4) is 0 Å². The summed E-state index contributed by atoms with van der Waals surface area (Å²) in [6.07, 6.45) is -3.72. The average molecular weight is 541 g/mol. The molecule has 1 heterocycles. The average Bonchev–Trinajstić information content (AvgIpc) is 3.01. The highest BCUT2D eigenvalue weighted by Gasteiger charge is 2.48.